The van der Waals surface area contributed by atoms with Gasteiger partial charge in [-0.05, 0) is 0 Å². The van der Waals surface area contributed by atoms with Gasteiger partial charge in [-0.3, -0.25) is 0 Å². The van der Waals surface area contributed by atoms with Crippen LogP contribution in [0.25, 0.3) is 0 Å². The van der Waals surface area contributed by atoms with E-state index in [1.807, 2.05) is 0 Å². The second kappa shape index (κ2) is 48.5. The molecule has 0 saturated heterocycles. The fourth-order valence-electron chi connectivity index (χ4n) is 0. The van der Waals surface area contributed by atoms with Crippen LogP contribution in [0.4, 0.5) is 0 Å². The SMILES string of the molecule is CC[O-].CC[O-].CC[O-].[Ce+3]. The number of rotatable bonds is 0. The topological polar surface area (TPSA) is 69.2 Å². The number of hydrogen-bond donors (Lipinski definition) is 0. The van der Waals surface area contributed by atoms with Crippen LogP contribution in [0.2, 0.25) is 0 Å². The smallest absolute Gasteiger partial charge is 0.855 e. The molecule has 0 heterocycles. The molecule has 0 aromatic heterocycles. The molecule has 0 spiro atoms. The third-order valence-electron chi connectivity index (χ3n) is 0. The summed E-state index contributed by atoms with van der Waals surface area (Å²) < 4.78 is 0. The van der Waals surface area contributed by atoms with Gasteiger partial charge in [0.2, 0.25) is 0 Å². The molecule has 0 aromatic rings. The van der Waals surface area contributed by atoms with Gasteiger partial charge in [0.15, 0.2) is 0 Å². The predicted molar refractivity (Wildman–Crippen MR) is 31.6 cm³/mol. The molecule has 3 nitrogen and oxygen atoms in total. The minimum Gasteiger partial charge on any atom is -0.855 e. The Kier molecular flexibility index (Phi) is 109. The van der Waals surface area contributed by atoms with Crippen molar-refractivity contribution in [3.05, 3.63) is 0 Å². The van der Waals surface area contributed by atoms with Crippen LogP contribution in [0.5, 0.6) is 0 Å². The van der Waals surface area contributed by atoms with Crippen molar-refractivity contribution in [2.45, 2.75) is 20.8 Å². The van der Waals surface area contributed by atoms with Gasteiger partial charge in [0.25, 0.3) is 0 Å². The largest absolute Gasteiger partial charge is 3.00 e. The second-order valence-electron chi connectivity index (χ2n) is 0.866. The molecule has 0 aliphatic carbocycles. The summed E-state index contributed by atoms with van der Waals surface area (Å²) >= 11 is 0. The van der Waals surface area contributed by atoms with Crippen molar-refractivity contribution in [2.24, 2.45) is 0 Å². The van der Waals surface area contributed by atoms with E-state index >= 15 is 0 Å². The van der Waals surface area contributed by atoms with E-state index in [0.29, 0.717) is 0 Å². The van der Waals surface area contributed by atoms with Crippen molar-refractivity contribution >= 4 is 0 Å². The molecular formula is C6H15CeO3. The maximum absolute atomic E-state index is 8.93. The molecule has 0 aliphatic rings. The number of hydrogen-bond acceptors (Lipinski definition) is 3. The maximum Gasteiger partial charge on any atom is 3.00 e. The van der Waals surface area contributed by atoms with Crippen LogP contribution in [0.15, 0.2) is 0 Å². The van der Waals surface area contributed by atoms with Crippen LogP contribution in [0.3, 0.4) is 0 Å². The third kappa shape index (κ3) is 400. The third-order valence-corrected chi connectivity index (χ3v) is 0. The van der Waals surface area contributed by atoms with Crippen molar-refractivity contribution in [1.82, 2.24) is 0 Å². The second-order valence-corrected chi connectivity index (χ2v) is 0.866. The van der Waals surface area contributed by atoms with Crippen molar-refractivity contribution in [3.8, 4) is 0 Å². The predicted octanol–water partition coefficient (Wildman–Crippen LogP) is -1.90. The van der Waals surface area contributed by atoms with Crippen molar-refractivity contribution < 1.29 is 57.1 Å². The van der Waals surface area contributed by atoms with Gasteiger partial charge in [0.05, 0.1) is 0 Å². The summed E-state index contributed by atoms with van der Waals surface area (Å²) in [5.41, 5.74) is 0. The van der Waals surface area contributed by atoms with E-state index in [4.69, 9.17) is 15.3 Å². The van der Waals surface area contributed by atoms with E-state index in [1.165, 1.54) is 0 Å². The van der Waals surface area contributed by atoms with Crippen molar-refractivity contribution in [3.63, 3.8) is 0 Å². The fraction of sp³-hybridized carbons (Fsp3) is 1.00. The van der Waals surface area contributed by atoms with Gasteiger partial charge < -0.3 is 15.3 Å². The normalized spacial score (nSPS) is 5.40. The van der Waals surface area contributed by atoms with Gasteiger partial charge in [-0.1, -0.05) is 20.8 Å². The van der Waals surface area contributed by atoms with Crippen molar-refractivity contribution in [2.75, 3.05) is 19.8 Å². The molecule has 10 heavy (non-hydrogen) atoms. The molecule has 0 N–H and O–H groups in total. The summed E-state index contributed by atoms with van der Waals surface area (Å²) in [6.45, 7) is 4.71. The van der Waals surface area contributed by atoms with Gasteiger partial charge in [-0.2, -0.15) is 0 Å². The molecule has 4 heteroatoms. The minimum atomic E-state index is 0. The van der Waals surface area contributed by atoms with Gasteiger partial charge in [0, 0.05) is 0 Å². The van der Waals surface area contributed by atoms with E-state index in [2.05, 4.69) is 0 Å². The molecule has 0 bridgehead atoms. The Labute approximate surface area is 96.8 Å². The average Bonchev–Trinajstić information content (AvgIpc) is 1.70. The summed E-state index contributed by atoms with van der Waals surface area (Å²) in [4.78, 5) is 0. The van der Waals surface area contributed by atoms with Gasteiger partial charge in [-0.15, -0.1) is 19.8 Å². The molecule has 0 amide bonds. The van der Waals surface area contributed by atoms with Crippen LogP contribution in [0.1, 0.15) is 20.8 Å². The maximum atomic E-state index is 8.93. The molecule has 0 aromatic carbocycles. The van der Waals surface area contributed by atoms with E-state index in [0.717, 1.165) is 0 Å². The minimum absolute atomic E-state index is 0. The summed E-state index contributed by atoms with van der Waals surface area (Å²) in [5.74, 6) is 0. The first-order valence-electron chi connectivity index (χ1n) is 2.99. The van der Waals surface area contributed by atoms with Crippen LogP contribution in [0, 0.1) is 41.7 Å². The van der Waals surface area contributed by atoms with E-state index in [1.54, 1.807) is 20.8 Å². The monoisotopic (exact) mass is 275 g/mol. The molecule has 0 saturated carbocycles. The molecule has 61 valence electrons. The molecule has 0 aliphatic heterocycles. The zero-order valence-corrected chi connectivity index (χ0v) is 9.99. The first-order chi connectivity index (χ1) is 4.24. The zero-order valence-electron chi connectivity index (χ0n) is 6.85. The van der Waals surface area contributed by atoms with Crippen molar-refractivity contribution in [1.29, 1.82) is 0 Å². The first-order valence-corrected chi connectivity index (χ1v) is 2.99. The zero-order chi connectivity index (χ0) is 8.12. The van der Waals surface area contributed by atoms with E-state index in [9.17, 15) is 0 Å². The molecule has 0 unspecified atom stereocenters. The Morgan fingerprint density at radius 1 is 0.700 bits per heavy atom. The molecule has 1 radical (unpaired) electrons. The Morgan fingerprint density at radius 3 is 0.700 bits per heavy atom. The molecule has 0 fully saturated rings. The Morgan fingerprint density at radius 2 is 0.700 bits per heavy atom. The summed E-state index contributed by atoms with van der Waals surface area (Å²) in [7, 11) is 0. The average molecular weight is 275 g/mol. The van der Waals surface area contributed by atoms with E-state index in [-0.39, 0.29) is 61.6 Å². The van der Waals surface area contributed by atoms with Crippen LogP contribution >= 0.6 is 0 Å². The summed E-state index contributed by atoms with van der Waals surface area (Å²) in [6.07, 6.45) is 0. The van der Waals surface area contributed by atoms with Crippen LogP contribution in [-0.4, -0.2) is 19.8 Å². The summed E-state index contributed by atoms with van der Waals surface area (Å²) in [6, 6.07) is 0. The van der Waals surface area contributed by atoms with Gasteiger partial charge in [0.1, 0.15) is 0 Å². The standard InChI is InChI=1S/3C2H5O.Ce/c3*1-2-3;/h3*2H2,1H3;/q3*-1;+3. The Balaban J connectivity index is -0.0000000257. The quantitative estimate of drug-likeness (QED) is 0.518. The molecule has 0 atom stereocenters. The molecule has 0 rings (SSSR count). The Hall–Kier alpha value is 1.26. The first kappa shape index (κ1) is 22.5. The van der Waals surface area contributed by atoms with Crippen LogP contribution in [-0.2, 0) is 0 Å². The van der Waals surface area contributed by atoms with Crippen LogP contribution < -0.4 is 15.3 Å². The van der Waals surface area contributed by atoms with Gasteiger partial charge >= 0.3 is 41.7 Å². The molecular weight excluding hydrogens is 260 g/mol. The fourth-order valence-corrected chi connectivity index (χ4v) is 0. The van der Waals surface area contributed by atoms with Gasteiger partial charge in [-0.25, -0.2) is 0 Å². The summed E-state index contributed by atoms with van der Waals surface area (Å²) in [5, 5.41) is 26.8. The Bertz CT molecular complexity index is 17.7. The van der Waals surface area contributed by atoms with E-state index < -0.39 is 0 Å².